The number of allylic oxidation sites excluding steroid dienone is 1. The van der Waals surface area contributed by atoms with E-state index < -0.39 is 0 Å². The third-order valence-electron chi connectivity index (χ3n) is 7.04. The maximum absolute atomic E-state index is 13.2. The summed E-state index contributed by atoms with van der Waals surface area (Å²) in [5.74, 6) is 1.07. The zero-order valence-electron chi connectivity index (χ0n) is 20.1. The number of carbonyl (C=O) groups excluding carboxylic acids is 1. The lowest BCUT2D eigenvalue weighted by Crippen LogP contribution is -2.37. The van der Waals surface area contributed by atoms with Gasteiger partial charge in [-0.05, 0) is 85.6 Å². The largest absolute Gasteiger partial charge is 0.338 e. The zero-order valence-corrected chi connectivity index (χ0v) is 20.1. The Bertz CT molecular complexity index is 1100. The molecule has 0 unspecified atom stereocenters. The summed E-state index contributed by atoms with van der Waals surface area (Å²) in [6.45, 7) is 10.2. The SMILES string of the molecule is C=CC.O=C(c1cccc2ccccc12)N1CC[C@H](CN2CCC(c3ccc(F)cc3)CC2)C1. The van der Waals surface area contributed by atoms with E-state index in [2.05, 4.69) is 23.6 Å². The van der Waals surface area contributed by atoms with Gasteiger partial charge in [0.1, 0.15) is 5.82 Å². The second-order valence-electron chi connectivity index (χ2n) is 9.47. The van der Waals surface area contributed by atoms with Crippen LogP contribution in [0.4, 0.5) is 4.39 Å². The number of nitrogens with zero attached hydrogens (tertiary/aromatic N) is 2. The van der Waals surface area contributed by atoms with E-state index in [0.717, 1.165) is 68.3 Å². The first-order chi connectivity index (χ1) is 16.6. The quantitative estimate of drug-likeness (QED) is 0.416. The molecule has 3 nitrogen and oxygen atoms in total. The molecule has 1 atom stereocenters. The minimum Gasteiger partial charge on any atom is -0.338 e. The molecule has 34 heavy (non-hydrogen) atoms. The molecule has 2 saturated heterocycles. The Labute approximate surface area is 202 Å². The van der Waals surface area contributed by atoms with E-state index in [4.69, 9.17) is 0 Å². The monoisotopic (exact) mass is 458 g/mol. The van der Waals surface area contributed by atoms with Crippen molar-refractivity contribution in [2.24, 2.45) is 5.92 Å². The number of halogens is 1. The lowest BCUT2D eigenvalue weighted by molar-refractivity contribution is 0.0784. The molecule has 0 spiro atoms. The fraction of sp³-hybridized carbons (Fsp3) is 0.367. The highest BCUT2D eigenvalue weighted by molar-refractivity contribution is 6.07. The summed E-state index contributed by atoms with van der Waals surface area (Å²) in [7, 11) is 0. The van der Waals surface area contributed by atoms with Crippen LogP contribution in [-0.4, -0.2) is 48.4 Å². The van der Waals surface area contributed by atoms with Crippen molar-refractivity contribution in [3.8, 4) is 0 Å². The highest BCUT2D eigenvalue weighted by Crippen LogP contribution is 2.30. The minimum absolute atomic E-state index is 0.161. The van der Waals surface area contributed by atoms with Crippen LogP contribution in [0.15, 0.2) is 79.4 Å². The zero-order chi connectivity index (χ0) is 23.9. The number of benzene rings is 3. The number of hydrogen-bond donors (Lipinski definition) is 0. The van der Waals surface area contributed by atoms with Crippen molar-refractivity contribution in [1.82, 2.24) is 9.80 Å². The summed E-state index contributed by atoms with van der Waals surface area (Å²) in [5.41, 5.74) is 2.08. The van der Waals surface area contributed by atoms with E-state index in [9.17, 15) is 9.18 Å². The number of piperidine rings is 1. The second kappa shape index (κ2) is 11.4. The molecule has 4 heteroatoms. The molecule has 2 heterocycles. The van der Waals surface area contributed by atoms with Crippen LogP contribution in [0.5, 0.6) is 0 Å². The van der Waals surface area contributed by atoms with Crippen molar-refractivity contribution in [3.63, 3.8) is 0 Å². The Hall–Kier alpha value is -2.98. The van der Waals surface area contributed by atoms with Gasteiger partial charge in [0, 0.05) is 25.2 Å². The summed E-state index contributed by atoms with van der Waals surface area (Å²) in [6.07, 6.45) is 5.07. The van der Waals surface area contributed by atoms with E-state index >= 15 is 0 Å². The third kappa shape index (κ3) is 5.74. The number of hydrogen-bond acceptors (Lipinski definition) is 2. The second-order valence-corrected chi connectivity index (χ2v) is 9.47. The number of amides is 1. The van der Waals surface area contributed by atoms with E-state index in [1.807, 2.05) is 54.3 Å². The standard InChI is InChI=1S/C27H29FN2O.C3H6/c28-24-10-8-21(9-11-24)22-13-15-29(16-14-22)18-20-12-17-30(19-20)27(31)26-7-3-5-23-4-1-2-6-25(23)26;1-3-2/h1-11,20,22H,12-19H2;3H,1H2,2H3/t20-;/m1./s1. The molecule has 178 valence electrons. The van der Waals surface area contributed by atoms with Crippen LogP contribution < -0.4 is 0 Å². The molecule has 0 saturated carbocycles. The van der Waals surface area contributed by atoms with Gasteiger partial charge in [-0.2, -0.15) is 0 Å². The van der Waals surface area contributed by atoms with Gasteiger partial charge in [0.05, 0.1) is 0 Å². The molecule has 0 aromatic heterocycles. The molecule has 2 fully saturated rings. The predicted molar refractivity (Wildman–Crippen MR) is 139 cm³/mol. The number of rotatable bonds is 4. The van der Waals surface area contributed by atoms with Crippen molar-refractivity contribution in [2.75, 3.05) is 32.7 Å². The summed E-state index contributed by atoms with van der Waals surface area (Å²) >= 11 is 0. The number of fused-ring (bicyclic) bond motifs is 1. The fourth-order valence-electron chi connectivity index (χ4n) is 5.30. The third-order valence-corrected chi connectivity index (χ3v) is 7.04. The van der Waals surface area contributed by atoms with E-state index in [1.165, 1.54) is 5.56 Å². The molecule has 5 rings (SSSR count). The van der Waals surface area contributed by atoms with Gasteiger partial charge in [-0.25, -0.2) is 4.39 Å². The Morgan fingerprint density at radius 1 is 0.971 bits per heavy atom. The van der Waals surface area contributed by atoms with Gasteiger partial charge in [-0.1, -0.05) is 54.6 Å². The van der Waals surface area contributed by atoms with Crippen molar-refractivity contribution < 1.29 is 9.18 Å². The van der Waals surface area contributed by atoms with Gasteiger partial charge in [-0.3, -0.25) is 4.79 Å². The van der Waals surface area contributed by atoms with Crippen LogP contribution in [0.1, 0.15) is 48.0 Å². The van der Waals surface area contributed by atoms with Gasteiger partial charge in [0.15, 0.2) is 0 Å². The van der Waals surface area contributed by atoms with E-state index in [0.29, 0.717) is 11.8 Å². The molecule has 1 amide bonds. The fourth-order valence-corrected chi connectivity index (χ4v) is 5.30. The highest BCUT2D eigenvalue weighted by Gasteiger charge is 2.30. The van der Waals surface area contributed by atoms with Crippen LogP contribution in [0, 0.1) is 11.7 Å². The number of likely N-dealkylation sites (tertiary alicyclic amines) is 2. The summed E-state index contributed by atoms with van der Waals surface area (Å²) in [4.78, 5) is 17.8. The summed E-state index contributed by atoms with van der Waals surface area (Å²) in [5, 5.41) is 2.16. The van der Waals surface area contributed by atoms with Gasteiger partial charge < -0.3 is 9.80 Å². The molecule has 0 bridgehead atoms. The molecule has 0 aliphatic carbocycles. The van der Waals surface area contributed by atoms with Crippen molar-refractivity contribution in [2.45, 2.75) is 32.1 Å². The van der Waals surface area contributed by atoms with Gasteiger partial charge in [0.2, 0.25) is 0 Å². The molecule has 3 aromatic carbocycles. The predicted octanol–water partition coefficient (Wildman–Crippen LogP) is 6.51. The van der Waals surface area contributed by atoms with Gasteiger partial charge in [-0.15, -0.1) is 6.58 Å². The van der Waals surface area contributed by atoms with Crippen LogP contribution in [0.2, 0.25) is 0 Å². The van der Waals surface area contributed by atoms with Crippen LogP contribution in [0.25, 0.3) is 10.8 Å². The first-order valence-electron chi connectivity index (χ1n) is 12.4. The Kier molecular flexibility index (Phi) is 8.12. The number of carbonyl (C=O) groups is 1. The van der Waals surface area contributed by atoms with E-state index in [1.54, 1.807) is 18.2 Å². The van der Waals surface area contributed by atoms with Crippen molar-refractivity contribution in [3.05, 3.63) is 96.3 Å². The van der Waals surface area contributed by atoms with Crippen LogP contribution in [-0.2, 0) is 0 Å². The average Bonchev–Trinajstić information content (AvgIpc) is 3.33. The topological polar surface area (TPSA) is 23.6 Å². The normalized spacial score (nSPS) is 19.0. The molecule has 2 aliphatic heterocycles. The van der Waals surface area contributed by atoms with Gasteiger partial charge in [0.25, 0.3) is 5.91 Å². The Balaban J connectivity index is 0.000000868. The van der Waals surface area contributed by atoms with Gasteiger partial charge >= 0.3 is 0 Å². The lowest BCUT2D eigenvalue weighted by Gasteiger charge is -2.33. The van der Waals surface area contributed by atoms with E-state index in [-0.39, 0.29) is 11.7 Å². The maximum atomic E-state index is 13.2. The lowest BCUT2D eigenvalue weighted by atomic mass is 9.89. The first-order valence-corrected chi connectivity index (χ1v) is 12.4. The molecular formula is C30H35FN2O. The maximum Gasteiger partial charge on any atom is 0.254 e. The molecule has 0 radical (unpaired) electrons. The summed E-state index contributed by atoms with van der Waals surface area (Å²) < 4.78 is 13.2. The van der Waals surface area contributed by atoms with Crippen molar-refractivity contribution >= 4 is 16.7 Å². The Morgan fingerprint density at radius 3 is 2.38 bits per heavy atom. The minimum atomic E-state index is -0.162. The Morgan fingerprint density at radius 2 is 1.65 bits per heavy atom. The smallest absolute Gasteiger partial charge is 0.254 e. The molecule has 2 aliphatic rings. The molecule has 3 aromatic rings. The first kappa shape index (κ1) is 24.2. The average molecular weight is 459 g/mol. The van der Waals surface area contributed by atoms with Crippen LogP contribution in [0.3, 0.4) is 0 Å². The molecular weight excluding hydrogens is 423 g/mol. The van der Waals surface area contributed by atoms with Crippen molar-refractivity contribution in [1.29, 1.82) is 0 Å². The molecule has 0 N–H and O–H groups in total. The van der Waals surface area contributed by atoms with Crippen LogP contribution >= 0.6 is 0 Å². The summed E-state index contributed by atoms with van der Waals surface area (Å²) in [6, 6.07) is 21.1. The highest BCUT2D eigenvalue weighted by atomic mass is 19.1.